The standard InChI is InChI=1S/C30H22ClF2N5O5/c31-19-10-18(11-22(12-19)41-15-17-4-2-1-3-5-17)26-27-28(35-16-34-27)29(40)37(36-26)14-25(39)38(20-6-7-20)21-8-9-23-24(13-21)43-30(32,33)42-23/h1-5,8-13,16,20H,6-7,14-15H2,(H,34,35). The quantitative estimate of drug-likeness (QED) is 0.247. The highest BCUT2D eigenvalue weighted by atomic mass is 35.5. The fourth-order valence-electron chi connectivity index (χ4n) is 4.99. The molecule has 0 saturated heterocycles. The van der Waals surface area contributed by atoms with Gasteiger partial charge in [0, 0.05) is 28.4 Å². The molecule has 0 radical (unpaired) electrons. The smallest absolute Gasteiger partial charge is 0.489 e. The fourth-order valence-corrected chi connectivity index (χ4v) is 5.21. The van der Waals surface area contributed by atoms with Crippen molar-refractivity contribution < 1.29 is 27.8 Å². The monoisotopic (exact) mass is 605 g/mol. The number of carbonyl (C=O) groups is 1. The van der Waals surface area contributed by atoms with Crippen molar-refractivity contribution in [3.63, 3.8) is 0 Å². The van der Waals surface area contributed by atoms with Gasteiger partial charge in [0.15, 0.2) is 11.5 Å². The maximum atomic E-state index is 13.7. The van der Waals surface area contributed by atoms with Crippen molar-refractivity contribution in [2.45, 2.75) is 38.3 Å². The summed E-state index contributed by atoms with van der Waals surface area (Å²) in [6.07, 6.45) is -0.968. The zero-order chi connectivity index (χ0) is 29.7. The second kappa shape index (κ2) is 10.4. The van der Waals surface area contributed by atoms with E-state index in [1.165, 1.54) is 29.4 Å². The molecule has 218 valence electrons. The second-order valence-electron chi connectivity index (χ2n) is 10.2. The predicted molar refractivity (Wildman–Crippen MR) is 153 cm³/mol. The number of aromatic nitrogens is 4. The van der Waals surface area contributed by atoms with Crippen LogP contribution in [0.1, 0.15) is 18.4 Å². The van der Waals surface area contributed by atoms with Crippen molar-refractivity contribution in [1.82, 2.24) is 19.7 Å². The first-order valence-electron chi connectivity index (χ1n) is 13.4. The number of hydrogen-bond donors (Lipinski definition) is 1. The number of carbonyl (C=O) groups excluding carboxylic acids is 1. The van der Waals surface area contributed by atoms with E-state index in [0.717, 1.165) is 23.1 Å². The van der Waals surface area contributed by atoms with Crippen LogP contribution in [0.25, 0.3) is 22.3 Å². The number of fused-ring (bicyclic) bond motifs is 2. The third-order valence-corrected chi connectivity index (χ3v) is 7.27. The molecule has 0 unspecified atom stereocenters. The van der Waals surface area contributed by atoms with E-state index in [4.69, 9.17) is 16.3 Å². The van der Waals surface area contributed by atoms with Crippen molar-refractivity contribution in [2.75, 3.05) is 4.90 Å². The van der Waals surface area contributed by atoms with Gasteiger partial charge in [-0.3, -0.25) is 9.59 Å². The van der Waals surface area contributed by atoms with Crippen LogP contribution in [0.2, 0.25) is 5.02 Å². The molecule has 1 fully saturated rings. The van der Waals surface area contributed by atoms with Gasteiger partial charge in [-0.2, -0.15) is 5.10 Å². The summed E-state index contributed by atoms with van der Waals surface area (Å²) in [5, 5.41) is 4.91. The van der Waals surface area contributed by atoms with Crippen LogP contribution in [0.5, 0.6) is 17.2 Å². The van der Waals surface area contributed by atoms with Gasteiger partial charge in [-0.1, -0.05) is 41.9 Å². The van der Waals surface area contributed by atoms with Gasteiger partial charge in [-0.15, -0.1) is 8.78 Å². The number of imidazole rings is 1. The summed E-state index contributed by atoms with van der Waals surface area (Å²) in [6.45, 7) is -0.103. The molecule has 1 saturated carbocycles. The summed E-state index contributed by atoms with van der Waals surface area (Å²) < 4.78 is 43.2. The minimum absolute atomic E-state index is 0.127. The highest BCUT2D eigenvalue weighted by Gasteiger charge is 2.44. The molecule has 0 spiro atoms. The van der Waals surface area contributed by atoms with Crippen LogP contribution >= 0.6 is 11.6 Å². The van der Waals surface area contributed by atoms with Crippen molar-refractivity contribution in [3.05, 3.63) is 94.0 Å². The number of rotatable bonds is 8. The molecule has 1 amide bonds. The molecule has 5 aromatic rings. The molecule has 1 N–H and O–H groups in total. The lowest BCUT2D eigenvalue weighted by atomic mass is 10.1. The number of benzene rings is 3. The zero-order valence-electron chi connectivity index (χ0n) is 22.3. The van der Waals surface area contributed by atoms with Gasteiger partial charge in [0.05, 0.1) is 6.33 Å². The molecule has 10 nitrogen and oxygen atoms in total. The Morgan fingerprint density at radius 2 is 1.88 bits per heavy atom. The third-order valence-electron chi connectivity index (χ3n) is 7.05. The molecule has 0 bridgehead atoms. The second-order valence-corrected chi connectivity index (χ2v) is 10.6. The number of ether oxygens (including phenoxy) is 3. The third kappa shape index (κ3) is 5.37. The SMILES string of the molecule is O=C(Cn1nc(-c2cc(Cl)cc(OCc3ccccc3)c2)c2nc[nH]c2c1=O)N(c1ccc2c(c1)OC(F)(F)O2)C1CC1. The van der Waals surface area contributed by atoms with Gasteiger partial charge in [0.2, 0.25) is 5.91 Å². The molecule has 7 rings (SSSR count). The van der Waals surface area contributed by atoms with Crippen molar-refractivity contribution in [1.29, 1.82) is 0 Å². The van der Waals surface area contributed by atoms with Crippen molar-refractivity contribution in [3.8, 4) is 28.5 Å². The number of H-pyrrole nitrogens is 1. The molecule has 1 aliphatic heterocycles. The lowest BCUT2D eigenvalue weighted by Gasteiger charge is -2.23. The van der Waals surface area contributed by atoms with Crippen LogP contribution in [0.15, 0.2) is 77.9 Å². The van der Waals surface area contributed by atoms with Crippen LogP contribution < -0.4 is 24.7 Å². The maximum Gasteiger partial charge on any atom is 0.586 e. The average molecular weight is 606 g/mol. The van der Waals surface area contributed by atoms with Gasteiger partial charge in [-0.05, 0) is 48.7 Å². The van der Waals surface area contributed by atoms with Crippen LogP contribution in [0.3, 0.4) is 0 Å². The van der Waals surface area contributed by atoms with E-state index in [1.54, 1.807) is 18.2 Å². The molecule has 43 heavy (non-hydrogen) atoms. The molecule has 3 aromatic carbocycles. The molecule has 13 heteroatoms. The molecule has 3 heterocycles. The lowest BCUT2D eigenvalue weighted by molar-refractivity contribution is -0.286. The minimum atomic E-state index is -3.78. The number of nitrogens with zero attached hydrogens (tertiary/aromatic N) is 4. The summed E-state index contributed by atoms with van der Waals surface area (Å²) in [4.78, 5) is 35.6. The molecule has 0 atom stereocenters. The first kappa shape index (κ1) is 26.9. The number of halogens is 3. The van der Waals surface area contributed by atoms with E-state index in [2.05, 4.69) is 24.5 Å². The van der Waals surface area contributed by atoms with Crippen LogP contribution in [-0.2, 0) is 17.9 Å². The number of amides is 1. The van der Waals surface area contributed by atoms with E-state index in [-0.39, 0.29) is 23.1 Å². The number of anilines is 1. The Bertz CT molecular complexity index is 1930. The topological polar surface area (TPSA) is 112 Å². The Balaban J connectivity index is 1.21. The van der Waals surface area contributed by atoms with Gasteiger partial charge in [0.1, 0.15) is 35.6 Å². The molecule has 2 aliphatic rings. The first-order chi connectivity index (χ1) is 20.7. The molecule has 1 aliphatic carbocycles. The summed E-state index contributed by atoms with van der Waals surface area (Å²) in [7, 11) is 0. The van der Waals surface area contributed by atoms with E-state index >= 15 is 0 Å². The van der Waals surface area contributed by atoms with Crippen LogP contribution in [-0.4, -0.2) is 38.0 Å². The number of hydrogen-bond acceptors (Lipinski definition) is 7. The molecular formula is C30H22ClF2N5O5. The van der Waals surface area contributed by atoms with E-state index in [9.17, 15) is 18.4 Å². The summed E-state index contributed by atoms with van der Waals surface area (Å²) >= 11 is 6.44. The highest BCUT2D eigenvalue weighted by molar-refractivity contribution is 6.31. The Labute approximate surface area is 247 Å². The van der Waals surface area contributed by atoms with Crippen molar-refractivity contribution in [2.24, 2.45) is 0 Å². The Morgan fingerprint density at radius 3 is 2.67 bits per heavy atom. The average Bonchev–Trinajstić information content (AvgIpc) is 3.57. The van der Waals surface area contributed by atoms with Crippen LogP contribution in [0.4, 0.5) is 14.5 Å². The van der Waals surface area contributed by atoms with Crippen molar-refractivity contribution >= 4 is 34.2 Å². The normalized spacial score (nSPS) is 15.0. The van der Waals surface area contributed by atoms with Gasteiger partial charge >= 0.3 is 6.29 Å². The predicted octanol–water partition coefficient (Wildman–Crippen LogP) is 5.54. The van der Waals surface area contributed by atoms with E-state index < -0.39 is 24.3 Å². The largest absolute Gasteiger partial charge is 0.586 e. The Morgan fingerprint density at radius 1 is 1.09 bits per heavy atom. The van der Waals surface area contributed by atoms with Crippen LogP contribution in [0, 0.1) is 0 Å². The minimum Gasteiger partial charge on any atom is -0.489 e. The summed E-state index contributed by atoms with van der Waals surface area (Å²) in [5.41, 5.74) is 2.09. The molecule has 2 aromatic heterocycles. The lowest BCUT2D eigenvalue weighted by Crippen LogP contribution is -2.39. The number of nitrogens with one attached hydrogen (secondary N) is 1. The maximum absolute atomic E-state index is 13.7. The summed E-state index contributed by atoms with van der Waals surface area (Å²) in [5.74, 6) is -0.272. The van der Waals surface area contributed by atoms with E-state index in [0.29, 0.717) is 39.8 Å². The summed E-state index contributed by atoms with van der Waals surface area (Å²) in [6, 6.07) is 18.7. The zero-order valence-corrected chi connectivity index (χ0v) is 23.1. The first-order valence-corrected chi connectivity index (χ1v) is 13.8. The van der Waals surface area contributed by atoms with E-state index in [1.807, 2.05) is 30.3 Å². The Kier molecular flexibility index (Phi) is 6.50. The van der Waals surface area contributed by atoms with Gasteiger partial charge in [0.25, 0.3) is 5.56 Å². The Hall–Kier alpha value is -4.97. The fraction of sp³-hybridized carbons (Fsp3) is 0.200. The number of aromatic amines is 1. The van der Waals surface area contributed by atoms with Gasteiger partial charge < -0.3 is 24.1 Å². The number of alkyl halides is 2. The molecular weight excluding hydrogens is 584 g/mol. The van der Waals surface area contributed by atoms with Gasteiger partial charge in [-0.25, -0.2) is 9.67 Å². The highest BCUT2D eigenvalue weighted by Crippen LogP contribution is 2.44.